The number of carbonyl (C=O) groups is 2. The smallest absolute Gasteiger partial charge is 0.312 e. The second-order valence-electron chi connectivity index (χ2n) is 15.7. The van der Waals surface area contributed by atoms with Crippen molar-refractivity contribution in [2.24, 2.45) is 23.7 Å². The molecule has 10 atom stereocenters. The Balaban J connectivity index is 1.57. The molecule has 2 aromatic carbocycles. The van der Waals surface area contributed by atoms with Crippen molar-refractivity contribution in [3.05, 3.63) is 71.2 Å². The number of hydrogen-bond donors (Lipinski definition) is 6. The average Bonchev–Trinajstić information content (AvgIpc) is 3.67. The number of Topliss-reactive ketones (excluding diaryl/α,β-unsaturated/α-hetero) is 1. The number of aromatic nitrogens is 2. The number of benzene rings is 2. The molecule has 14 heteroatoms. The van der Waals surface area contributed by atoms with Crippen molar-refractivity contribution in [3.63, 3.8) is 0 Å². The normalized spacial score (nSPS) is 31.0. The van der Waals surface area contributed by atoms with Crippen LogP contribution in [0.25, 0.3) is 27.5 Å². The van der Waals surface area contributed by atoms with E-state index in [0.717, 1.165) is 5.56 Å². The van der Waals surface area contributed by atoms with Gasteiger partial charge in [0.15, 0.2) is 12.0 Å². The van der Waals surface area contributed by atoms with E-state index in [-0.39, 0.29) is 55.7 Å². The highest BCUT2D eigenvalue weighted by molar-refractivity contribution is 6.28. The quantitative estimate of drug-likeness (QED) is 0.105. The summed E-state index contributed by atoms with van der Waals surface area (Å²) in [6, 6.07) is 3.65. The van der Waals surface area contributed by atoms with Crippen LogP contribution in [0.15, 0.2) is 54.5 Å². The van der Waals surface area contributed by atoms with Gasteiger partial charge >= 0.3 is 5.79 Å². The molecule has 0 saturated heterocycles. The molecule has 4 aromatic rings. The first-order valence-corrected chi connectivity index (χ1v) is 19.1. The number of aromatic hydroxyl groups is 2. The molecule has 306 valence electrons. The fraction of sp³-hybridized carbons (Fsp3) is 0.465. The van der Waals surface area contributed by atoms with E-state index < -0.39 is 77.6 Å². The molecule has 2 aromatic heterocycles. The summed E-state index contributed by atoms with van der Waals surface area (Å²) in [6.07, 6.45) is 4.73. The Bertz CT molecular complexity index is 2330. The van der Waals surface area contributed by atoms with E-state index in [2.05, 4.69) is 5.32 Å². The van der Waals surface area contributed by atoms with Gasteiger partial charge in [0.1, 0.15) is 33.9 Å². The number of carbonyl (C=O) groups excluding carboxylic acids is 2. The molecule has 0 aliphatic carbocycles. The average molecular weight is 788 g/mol. The summed E-state index contributed by atoms with van der Waals surface area (Å²) in [7, 11) is 1.48. The largest absolute Gasteiger partial charge is 0.507 e. The summed E-state index contributed by atoms with van der Waals surface area (Å²) < 4.78 is 25.8. The number of rotatable bonds is 3. The minimum atomic E-state index is -1.94. The monoisotopic (exact) mass is 787 g/mol. The van der Waals surface area contributed by atoms with Crippen LogP contribution in [0, 0.1) is 37.5 Å². The second kappa shape index (κ2) is 15.7. The van der Waals surface area contributed by atoms with Crippen LogP contribution in [0.1, 0.15) is 70.0 Å². The molecule has 4 heterocycles. The number of amides is 1. The van der Waals surface area contributed by atoms with Crippen LogP contribution in [0.2, 0.25) is 0 Å². The van der Waals surface area contributed by atoms with Crippen molar-refractivity contribution in [2.75, 3.05) is 12.4 Å². The number of fused-ring (bicyclic) bond motifs is 2. The van der Waals surface area contributed by atoms with Gasteiger partial charge in [0.25, 0.3) is 11.7 Å². The molecule has 1 unspecified atom stereocenters. The van der Waals surface area contributed by atoms with Crippen molar-refractivity contribution < 1.29 is 54.1 Å². The van der Waals surface area contributed by atoms with Gasteiger partial charge in [-0.15, -0.1) is 0 Å². The van der Waals surface area contributed by atoms with Crippen molar-refractivity contribution in [3.8, 4) is 17.2 Å². The van der Waals surface area contributed by atoms with Gasteiger partial charge in [-0.2, -0.15) is 0 Å². The van der Waals surface area contributed by atoms with Gasteiger partial charge in [0, 0.05) is 60.4 Å². The Labute approximate surface area is 331 Å². The number of anilines is 1. The number of nitrogens with one attached hydrogen (secondary N) is 1. The van der Waals surface area contributed by atoms with E-state index in [4.69, 9.17) is 23.9 Å². The van der Waals surface area contributed by atoms with Crippen molar-refractivity contribution >= 4 is 44.8 Å². The van der Waals surface area contributed by atoms with E-state index in [1.54, 1.807) is 69.5 Å². The van der Waals surface area contributed by atoms with Gasteiger partial charge in [0.2, 0.25) is 0 Å². The molecule has 0 radical (unpaired) electrons. The number of nitrogens with zero attached hydrogens (tertiary/aromatic N) is 2. The molecule has 0 spiro atoms. The van der Waals surface area contributed by atoms with Crippen LogP contribution >= 0.6 is 0 Å². The van der Waals surface area contributed by atoms with E-state index in [1.807, 2.05) is 26.0 Å². The van der Waals surface area contributed by atoms with Gasteiger partial charge in [0.05, 0.1) is 41.6 Å². The number of ether oxygens (including phenoxy) is 4. The van der Waals surface area contributed by atoms with Crippen molar-refractivity contribution in [1.29, 1.82) is 0 Å². The van der Waals surface area contributed by atoms with E-state index >= 15 is 0 Å². The number of ketones is 1. The predicted molar refractivity (Wildman–Crippen MR) is 214 cm³/mol. The third-order valence-electron chi connectivity index (χ3n) is 11.6. The molecule has 6 rings (SSSR count). The first-order valence-electron chi connectivity index (χ1n) is 19.1. The van der Waals surface area contributed by atoms with Crippen molar-refractivity contribution in [2.45, 2.75) is 98.8 Å². The first-order chi connectivity index (χ1) is 26.8. The van der Waals surface area contributed by atoms with Gasteiger partial charge in [-0.1, -0.05) is 45.9 Å². The number of phenols is 2. The third-order valence-corrected chi connectivity index (χ3v) is 11.6. The molecule has 0 fully saturated rings. The number of imidazole rings is 1. The summed E-state index contributed by atoms with van der Waals surface area (Å²) in [5, 5.41) is 59.8. The lowest BCUT2D eigenvalue weighted by Crippen LogP contribution is -2.47. The van der Waals surface area contributed by atoms with Crippen molar-refractivity contribution in [1.82, 2.24) is 9.38 Å². The van der Waals surface area contributed by atoms with E-state index in [9.17, 15) is 35.1 Å². The van der Waals surface area contributed by atoms with Gasteiger partial charge in [-0.05, 0) is 51.5 Å². The Morgan fingerprint density at radius 3 is 2.35 bits per heavy atom. The maximum atomic E-state index is 14.6. The predicted octanol–water partition coefficient (Wildman–Crippen LogP) is 5.95. The first kappa shape index (κ1) is 41.6. The highest BCUT2D eigenvalue weighted by atomic mass is 16.7. The molecule has 57 heavy (non-hydrogen) atoms. The zero-order valence-corrected chi connectivity index (χ0v) is 33.9. The fourth-order valence-electron chi connectivity index (χ4n) is 8.10. The molecule has 0 saturated carbocycles. The lowest BCUT2D eigenvalue weighted by molar-refractivity contribution is -0.182. The second-order valence-corrected chi connectivity index (χ2v) is 15.7. The summed E-state index contributed by atoms with van der Waals surface area (Å²) in [6.45, 7) is 15.0. The zero-order chi connectivity index (χ0) is 41.8. The van der Waals surface area contributed by atoms with Crippen LogP contribution in [0.5, 0.6) is 17.2 Å². The van der Waals surface area contributed by atoms with E-state index in [1.165, 1.54) is 27.2 Å². The molecule has 14 nitrogen and oxygen atoms in total. The highest BCUT2D eigenvalue weighted by Gasteiger charge is 2.49. The molecule has 2 aliphatic rings. The lowest BCUT2D eigenvalue weighted by atomic mass is 9.78. The molecule has 1 amide bonds. The SMILES string of the molecule is CO[C@H]1C=CO[C@@]2(C)Oc3c(C)c(O)c4c(O)c(c5c(nc6cc(C)ccn65)c4c3C2=O)NC(=O)/C(C)=C\C=C\[C@H](C)[C@H](O)[C@@H](C)[C@@H](O)[C@@H](C)[C@H](OC(C)O)[C@@H]1C. The Hall–Kier alpha value is -4.99. The van der Waals surface area contributed by atoms with Crippen LogP contribution in [-0.4, -0.2) is 90.2 Å². The zero-order valence-electron chi connectivity index (χ0n) is 33.9. The molecule has 4 bridgehead atoms. The highest BCUT2D eigenvalue weighted by Crippen LogP contribution is 2.54. The number of allylic oxidation sites excluding steroid dienone is 2. The lowest BCUT2D eigenvalue weighted by Gasteiger charge is -2.39. The van der Waals surface area contributed by atoms with Gasteiger partial charge in [-0.3, -0.25) is 14.0 Å². The fourth-order valence-corrected chi connectivity index (χ4v) is 8.10. The number of aliphatic hydroxyl groups excluding tert-OH is 3. The number of hydrogen-bond acceptors (Lipinski definition) is 12. The molecular formula is C43H53N3O11. The Morgan fingerprint density at radius 1 is 0.982 bits per heavy atom. The standard InChI is InChI=1S/C43H53N3O11/c1-19-14-16-46-28(18-19)44-32-29-30-37(50)25(7)40-31(29)41(52)43(9,57-40)55-17-15-27(54-10)22(4)39(56-26(8)47)24(6)36(49)23(5)35(48)20(2)12-11-13-21(3)42(53)45-33(34(32)46)38(30)51/h11-18,20,22-24,26-27,35-36,39,47-51H,1-10H3,(H,45,53)/b12-11+,17-15?,21-13-/t20-,22+,23+,24+,26?,27-,35-,36+,39+,43-/m0/s1. The van der Waals surface area contributed by atoms with Crippen LogP contribution < -0.4 is 10.1 Å². The summed E-state index contributed by atoms with van der Waals surface area (Å²) in [5.74, 6) is -6.16. The topological polar surface area (TPSA) is 202 Å². The minimum absolute atomic E-state index is 0.0282. The molecular weight excluding hydrogens is 734 g/mol. The maximum absolute atomic E-state index is 14.6. The molecule has 2 aliphatic heterocycles. The number of pyridine rings is 1. The van der Waals surface area contributed by atoms with Crippen LogP contribution in [0.4, 0.5) is 5.69 Å². The molecule has 6 N–H and O–H groups in total. The van der Waals surface area contributed by atoms with E-state index in [0.29, 0.717) is 5.65 Å². The summed E-state index contributed by atoms with van der Waals surface area (Å²) in [5.41, 5.74) is 2.23. The summed E-state index contributed by atoms with van der Waals surface area (Å²) in [4.78, 5) is 33.2. The minimum Gasteiger partial charge on any atom is -0.507 e. The number of aryl methyl sites for hydroxylation is 1. The maximum Gasteiger partial charge on any atom is 0.312 e. The van der Waals surface area contributed by atoms with Gasteiger partial charge < -0.3 is 49.8 Å². The third kappa shape index (κ3) is 7.25. The Kier molecular flexibility index (Phi) is 11.5. The summed E-state index contributed by atoms with van der Waals surface area (Å²) >= 11 is 0. The van der Waals surface area contributed by atoms with Crippen LogP contribution in [-0.2, 0) is 19.0 Å². The number of phenolic OH excluding ortho intramolecular Hbond substituents is 2. The Morgan fingerprint density at radius 2 is 1.68 bits per heavy atom. The van der Waals surface area contributed by atoms with Crippen LogP contribution in [0.3, 0.4) is 0 Å². The van der Waals surface area contributed by atoms with Gasteiger partial charge in [-0.25, -0.2) is 4.98 Å². The number of aliphatic hydroxyl groups is 3. The number of methoxy groups -OCH3 is 1.